The van der Waals surface area contributed by atoms with E-state index in [0.29, 0.717) is 6.61 Å². The number of ether oxygens (including phenoxy) is 1. The third-order valence-electron chi connectivity index (χ3n) is 2.24. The van der Waals surface area contributed by atoms with Crippen molar-refractivity contribution >= 4 is 15.6 Å². The van der Waals surface area contributed by atoms with Crippen molar-refractivity contribution in [3.05, 3.63) is 0 Å². The number of carbonyl (C=O) groups excluding carboxylic acids is 1. The van der Waals surface area contributed by atoms with E-state index in [1.807, 2.05) is 0 Å². The predicted octanol–water partition coefficient (Wildman–Crippen LogP) is 0.559. The molecule has 0 N–H and O–H groups in total. The molecule has 4 nitrogen and oxygen atoms in total. The molecule has 1 fully saturated rings. The van der Waals surface area contributed by atoms with Gasteiger partial charge in [0.25, 0.3) is 0 Å². The molecule has 1 rings (SSSR count). The minimum Gasteiger partial charge on any atom is -0.377 e. The van der Waals surface area contributed by atoms with Crippen LogP contribution < -0.4 is 0 Å². The van der Waals surface area contributed by atoms with E-state index in [1.54, 1.807) is 6.92 Å². The van der Waals surface area contributed by atoms with Crippen LogP contribution >= 0.6 is 0 Å². The molecule has 0 bridgehead atoms. The highest BCUT2D eigenvalue weighted by Crippen LogP contribution is 2.14. The summed E-state index contributed by atoms with van der Waals surface area (Å²) in [5.74, 6) is -0.551. The average Bonchev–Trinajstić information content (AvgIpc) is 2.54. The van der Waals surface area contributed by atoms with E-state index in [-0.39, 0.29) is 29.8 Å². The van der Waals surface area contributed by atoms with Crippen molar-refractivity contribution in [2.24, 2.45) is 0 Å². The Morgan fingerprint density at radius 1 is 1.50 bits per heavy atom. The van der Waals surface area contributed by atoms with Gasteiger partial charge in [-0.1, -0.05) is 6.92 Å². The molecule has 0 radical (unpaired) electrons. The molecule has 82 valence electrons. The molecule has 14 heavy (non-hydrogen) atoms. The van der Waals surface area contributed by atoms with Gasteiger partial charge in [-0.05, 0) is 12.8 Å². The molecule has 0 aromatic carbocycles. The fraction of sp³-hybridized carbons (Fsp3) is 0.889. The average molecular weight is 220 g/mol. The summed E-state index contributed by atoms with van der Waals surface area (Å²) in [7, 11) is -3.25. The molecule has 0 aliphatic carbocycles. The smallest absolute Gasteiger partial charge is 0.159 e. The molecular weight excluding hydrogens is 204 g/mol. The summed E-state index contributed by atoms with van der Waals surface area (Å²) in [5.41, 5.74) is 0. The highest BCUT2D eigenvalue weighted by Gasteiger charge is 2.24. The van der Waals surface area contributed by atoms with Crippen LogP contribution in [0.15, 0.2) is 0 Å². The summed E-state index contributed by atoms with van der Waals surface area (Å²) >= 11 is 0. The minimum absolute atomic E-state index is 0.00125. The molecule has 0 aromatic heterocycles. The molecule has 0 amide bonds. The number of hydrogen-bond acceptors (Lipinski definition) is 4. The van der Waals surface area contributed by atoms with Crippen LogP contribution in [0.3, 0.4) is 0 Å². The molecule has 1 unspecified atom stereocenters. The van der Waals surface area contributed by atoms with E-state index in [0.717, 1.165) is 12.8 Å². The minimum atomic E-state index is -3.25. The van der Waals surface area contributed by atoms with Gasteiger partial charge in [-0.25, -0.2) is 8.42 Å². The van der Waals surface area contributed by atoms with Crippen LogP contribution in [0.4, 0.5) is 0 Å². The van der Waals surface area contributed by atoms with Gasteiger partial charge in [0.2, 0.25) is 0 Å². The Balaban J connectivity index is 2.44. The summed E-state index contributed by atoms with van der Waals surface area (Å²) in [6.45, 7) is 2.31. The Morgan fingerprint density at radius 2 is 2.21 bits per heavy atom. The van der Waals surface area contributed by atoms with Gasteiger partial charge < -0.3 is 4.74 Å². The monoisotopic (exact) mass is 220 g/mol. The zero-order valence-corrected chi connectivity index (χ0v) is 9.18. The fourth-order valence-electron chi connectivity index (χ4n) is 1.47. The lowest BCUT2D eigenvalue weighted by atomic mass is 10.3. The van der Waals surface area contributed by atoms with Gasteiger partial charge in [0.1, 0.15) is 11.5 Å². The van der Waals surface area contributed by atoms with Crippen LogP contribution in [-0.4, -0.2) is 38.4 Å². The van der Waals surface area contributed by atoms with E-state index in [9.17, 15) is 13.2 Å². The normalized spacial score (nSPS) is 22.5. The van der Waals surface area contributed by atoms with Crippen molar-refractivity contribution in [3.8, 4) is 0 Å². The maximum atomic E-state index is 11.5. The lowest BCUT2D eigenvalue weighted by Gasteiger charge is -2.08. The third-order valence-corrected chi connectivity index (χ3v) is 3.88. The third kappa shape index (κ3) is 3.75. The van der Waals surface area contributed by atoms with Gasteiger partial charge in [-0.15, -0.1) is 0 Å². The summed E-state index contributed by atoms with van der Waals surface area (Å²) in [6, 6.07) is 0. The van der Waals surface area contributed by atoms with E-state index in [1.165, 1.54) is 0 Å². The van der Waals surface area contributed by atoms with Crippen LogP contribution in [0.1, 0.15) is 26.2 Å². The topological polar surface area (TPSA) is 60.4 Å². The SMILES string of the molecule is CCC(=O)CS(=O)(=O)CC1CCCO1. The number of carbonyl (C=O) groups is 1. The van der Waals surface area contributed by atoms with Gasteiger partial charge in [-0.3, -0.25) is 4.79 Å². The first-order valence-corrected chi connectivity index (χ1v) is 6.69. The predicted molar refractivity (Wildman–Crippen MR) is 52.9 cm³/mol. The van der Waals surface area contributed by atoms with Crippen LogP contribution in [0, 0.1) is 0 Å². The summed E-state index contributed by atoms with van der Waals surface area (Å²) in [5, 5.41) is 0. The first-order valence-electron chi connectivity index (χ1n) is 4.87. The van der Waals surface area contributed by atoms with Crippen LogP contribution in [0.25, 0.3) is 0 Å². The fourth-order valence-corrected chi connectivity index (χ4v) is 3.11. The molecule has 1 aliphatic rings. The van der Waals surface area contributed by atoms with Gasteiger partial charge >= 0.3 is 0 Å². The second-order valence-electron chi connectivity index (χ2n) is 3.58. The molecular formula is C9H16O4S. The summed E-state index contributed by atoms with van der Waals surface area (Å²) < 4.78 is 28.1. The van der Waals surface area contributed by atoms with Gasteiger partial charge in [0.15, 0.2) is 9.84 Å². The van der Waals surface area contributed by atoms with Crippen molar-refractivity contribution in [1.29, 1.82) is 0 Å². The lowest BCUT2D eigenvalue weighted by Crippen LogP contribution is -2.25. The van der Waals surface area contributed by atoms with Crippen molar-refractivity contribution in [1.82, 2.24) is 0 Å². The second kappa shape index (κ2) is 4.89. The molecule has 1 atom stereocenters. The lowest BCUT2D eigenvalue weighted by molar-refractivity contribution is -0.116. The Hall–Kier alpha value is -0.420. The molecule has 1 heterocycles. The maximum absolute atomic E-state index is 11.5. The van der Waals surface area contributed by atoms with E-state index in [4.69, 9.17) is 4.74 Å². The summed E-state index contributed by atoms with van der Waals surface area (Å²) in [4.78, 5) is 11.0. The van der Waals surface area contributed by atoms with Crippen molar-refractivity contribution in [2.75, 3.05) is 18.1 Å². The first kappa shape index (κ1) is 11.7. The molecule has 1 aliphatic heterocycles. The second-order valence-corrected chi connectivity index (χ2v) is 5.69. The van der Waals surface area contributed by atoms with Gasteiger partial charge in [0.05, 0.1) is 11.9 Å². The van der Waals surface area contributed by atoms with Crippen molar-refractivity contribution in [2.45, 2.75) is 32.3 Å². The number of hydrogen-bond donors (Lipinski definition) is 0. The zero-order chi connectivity index (χ0) is 10.6. The van der Waals surface area contributed by atoms with Crippen LogP contribution in [-0.2, 0) is 19.4 Å². The first-order chi connectivity index (χ1) is 6.53. The summed E-state index contributed by atoms with van der Waals surface area (Å²) in [6.07, 6.45) is 1.80. The molecule has 0 spiro atoms. The number of sulfone groups is 1. The zero-order valence-electron chi connectivity index (χ0n) is 8.36. The molecule has 0 saturated carbocycles. The van der Waals surface area contributed by atoms with Crippen molar-refractivity contribution < 1.29 is 17.9 Å². The molecule has 0 aromatic rings. The van der Waals surface area contributed by atoms with Gasteiger partial charge in [-0.2, -0.15) is 0 Å². The Morgan fingerprint density at radius 3 is 2.71 bits per heavy atom. The largest absolute Gasteiger partial charge is 0.377 e. The standard InChI is InChI=1S/C9H16O4S/c1-2-8(10)6-14(11,12)7-9-4-3-5-13-9/h9H,2-7H2,1H3. The quantitative estimate of drug-likeness (QED) is 0.679. The Labute approximate surface area is 84.6 Å². The highest BCUT2D eigenvalue weighted by molar-refractivity contribution is 7.92. The van der Waals surface area contributed by atoms with Crippen LogP contribution in [0.2, 0.25) is 0 Å². The van der Waals surface area contributed by atoms with Crippen molar-refractivity contribution in [3.63, 3.8) is 0 Å². The Bertz CT molecular complexity index is 288. The maximum Gasteiger partial charge on any atom is 0.159 e. The van der Waals surface area contributed by atoms with Crippen LogP contribution in [0.5, 0.6) is 0 Å². The van der Waals surface area contributed by atoms with Gasteiger partial charge in [0, 0.05) is 13.0 Å². The van der Waals surface area contributed by atoms with E-state index >= 15 is 0 Å². The van der Waals surface area contributed by atoms with E-state index in [2.05, 4.69) is 0 Å². The molecule has 5 heteroatoms. The van der Waals surface area contributed by atoms with E-state index < -0.39 is 9.84 Å². The number of Topliss-reactive ketones (excluding diaryl/α,β-unsaturated/α-hetero) is 1. The Kier molecular flexibility index (Phi) is 4.07. The highest BCUT2D eigenvalue weighted by atomic mass is 32.2. The molecule has 1 saturated heterocycles. The number of rotatable bonds is 5. The number of ketones is 1.